The van der Waals surface area contributed by atoms with Crippen molar-refractivity contribution >= 4 is 39.5 Å². The highest BCUT2D eigenvalue weighted by atomic mass is 16.3. The van der Waals surface area contributed by atoms with Crippen molar-refractivity contribution in [3.05, 3.63) is 167 Å². The Labute approximate surface area is 292 Å². The molecule has 0 amide bonds. The van der Waals surface area contributed by atoms with E-state index in [0.717, 1.165) is 76.5 Å². The van der Waals surface area contributed by atoms with E-state index in [9.17, 15) is 0 Å². The average Bonchev–Trinajstić information content (AvgIpc) is 3.57. The number of benzene rings is 5. The Balaban J connectivity index is 1.23. The monoisotopic (exact) mass is 647 g/mol. The second-order valence-corrected chi connectivity index (χ2v) is 13.3. The lowest BCUT2D eigenvalue weighted by Gasteiger charge is -2.23. The van der Waals surface area contributed by atoms with Crippen molar-refractivity contribution in [1.82, 2.24) is 15.0 Å². The van der Waals surface area contributed by atoms with Crippen LogP contribution in [0.3, 0.4) is 0 Å². The van der Waals surface area contributed by atoms with E-state index in [0.29, 0.717) is 17.5 Å². The molecular weight excluding hydrogens is 611 g/mol. The number of para-hydroxylation sites is 1. The Morgan fingerprint density at radius 3 is 2.42 bits per heavy atom. The molecule has 4 heteroatoms. The molecule has 50 heavy (non-hydrogen) atoms. The summed E-state index contributed by atoms with van der Waals surface area (Å²) in [7, 11) is 0. The van der Waals surface area contributed by atoms with E-state index >= 15 is 0 Å². The van der Waals surface area contributed by atoms with E-state index in [1.807, 2.05) is 24.3 Å². The maximum atomic E-state index is 6.76. The van der Waals surface area contributed by atoms with Crippen LogP contribution in [0.15, 0.2) is 132 Å². The number of nitrogens with zero attached hydrogens (tertiary/aromatic N) is 3. The van der Waals surface area contributed by atoms with Crippen molar-refractivity contribution in [2.45, 2.75) is 44.9 Å². The smallest absolute Gasteiger partial charge is 0.164 e. The Bertz CT molecular complexity index is 2480. The number of aromatic nitrogens is 3. The molecule has 0 radical (unpaired) electrons. The van der Waals surface area contributed by atoms with E-state index in [2.05, 4.69) is 122 Å². The number of rotatable bonds is 7. The Morgan fingerprint density at radius 1 is 0.760 bits per heavy atom. The van der Waals surface area contributed by atoms with Gasteiger partial charge < -0.3 is 4.42 Å². The quantitative estimate of drug-likeness (QED) is 0.173. The van der Waals surface area contributed by atoms with E-state index in [1.54, 1.807) is 0 Å². The predicted octanol–water partition coefficient (Wildman–Crippen LogP) is 11.8. The normalized spacial score (nSPS) is 15.4. The first kappa shape index (κ1) is 30.2. The van der Waals surface area contributed by atoms with Crippen molar-refractivity contribution < 1.29 is 4.42 Å². The van der Waals surface area contributed by atoms with Crippen LogP contribution >= 0.6 is 0 Å². The summed E-state index contributed by atoms with van der Waals surface area (Å²) in [6, 6.07) is 38.4. The van der Waals surface area contributed by atoms with Crippen molar-refractivity contribution in [2.24, 2.45) is 0 Å². The van der Waals surface area contributed by atoms with Crippen LogP contribution in [0.2, 0.25) is 0 Å². The van der Waals surface area contributed by atoms with Crippen LogP contribution in [-0.4, -0.2) is 15.0 Å². The molecule has 5 aromatic carbocycles. The summed E-state index contributed by atoms with van der Waals surface area (Å²) < 4.78 is 6.76. The van der Waals surface area contributed by atoms with E-state index in [4.69, 9.17) is 19.4 Å². The third-order valence-electron chi connectivity index (χ3n) is 10.1. The minimum absolute atomic E-state index is 0.0916. The molecule has 0 saturated carbocycles. The summed E-state index contributed by atoms with van der Waals surface area (Å²) in [5, 5.41) is 3.38. The maximum Gasteiger partial charge on any atom is 0.164 e. The van der Waals surface area contributed by atoms with Gasteiger partial charge >= 0.3 is 0 Å². The average molecular weight is 648 g/mol. The lowest BCUT2D eigenvalue weighted by molar-refractivity contribution is 0.515. The fourth-order valence-electron chi connectivity index (χ4n) is 7.56. The van der Waals surface area contributed by atoms with E-state index < -0.39 is 0 Å². The van der Waals surface area contributed by atoms with Crippen molar-refractivity contribution in [1.29, 1.82) is 0 Å². The zero-order chi connectivity index (χ0) is 33.4. The van der Waals surface area contributed by atoms with Crippen LogP contribution in [0.1, 0.15) is 77.9 Å². The summed E-state index contributed by atoms with van der Waals surface area (Å²) in [4.78, 5) is 15.6. The molecule has 0 spiro atoms. The van der Waals surface area contributed by atoms with Gasteiger partial charge in [0.25, 0.3) is 0 Å². The van der Waals surface area contributed by atoms with Gasteiger partial charge in [0.1, 0.15) is 11.3 Å². The van der Waals surface area contributed by atoms with Crippen LogP contribution in [0, 0.1) is 0 Å². The number of unbranched alkanes of at least 4 members (excludes halogenated alkanes) is 1. The van der Waals surface area contributed by atoms with Gasteiger partial charge in [0, 0.05) is 33.6 Å². The standard InChI is InChI=1S/C46H37N3O/c1-2-3-5-15-31-25-26-38(37-20-11-10-19-35(31)37)45-47-44(32-16-6-4-7-17-32)48-46(49-45)40-28-27-36(34-24-23-30-14-8-9-18-33(30)29-34)43-42(40)39-21-12-13-22-41(39)50-43/h4-7,9-13,15-26,28-29,36H,2-3,8,14,27H2,1H3/b15-5-. The SMILES string of the molecule is CCC/C=C\c1ccc(-c2nc(C3=CCC(c4ccc5c(c4)C=CCC5)c4oc5ccccc5c43)nc(-c3ccccc3)n2)c2ccccc12. The largest absolute Gasteiger partial charge is 0.460 e. The third kappa shape index (κ3) is 5.38. The van der Waals surface area contributed by atoms with Gasteiger partial charge in [0.15, 0.2) is 17.5 Å². The predicted molar refractivity (Wildman–Crippen MR) is 206 cm³/mol. The molecule has 0 fully saturated rings. The zero-order valence-corrected chi connectivity index (χ0v) is 28.1. The molecule has 4 nitrogen and oxygen atoms in total. The van der Waals surface area contributed by atoms with Crippen LogP contribution < -0.4 is 0 Å². The molecule has 2 aliphatic rings. The highest BCUT2D eigenvalue weighted by Crippen LogP contribution is 2.46. The van der Waals surface area contributed by atoms with Crippen molar-refractivity contribution in [3.8, 4) is 22.8 Å². The fraction of sp³-hybridized carbons (Fsp3) is 0.152. The first-order chi connectivity index (χ1) is 24.7. The molecule has 0 N–H and O–H groups in total. The molecule has 242 valence electrons. The van der Waals surface area contributed by atoms with Crippen LogP contribution in [0.4, 0.5) is 0 Å². The Hall–Kier alpha value is -5.87. The third-order valence-corrected chi connectivity index (χ3v) is 10.1. The molecule has 2 aromatic heterocycles. The van der Waals surface area contributed by atoms with Crippen molar-refractivity contribution in [2.75, 3.05) is 0 Å². The summed E-state index contributed by atoms with van der Waals surface area (Å²) in [5.74, 6) is 3.03. The van der Waals surface area contributed by atoms with Crippen molar-refractivity contribution in [3.63, 3.8) is 0 Å². The second kappa shape index (κ2) is 12.9. The summed E-state index contributed by atoms with van der Waals surface area (Å²) in [6.07, 6.45) is 16.5. The lowest BCUT2D eigenvalue weighted by atomic mass is 9.81. The number of hydrogen-bond acceptors (Lipinski definition) is 4. The topological polar surface area (TPSA) is 51.8 Å². The molecule has 0 bridgehead atoms. The van der Waals surface area contributed by atoms with Gasteiger partial charge in [-0.3, -0.25) is 0 Å². The second-order valence-electron chi connectivity index (χ2n) is 13.3. The molecule has 2 heterocycles. The molecule has 0 aliphatic heterocycles. The first-order valence-corrected chi connectivity index (χ1v) is 17.8. The first-order valence-electron chi connectivity index (χ1n) is 17.8. The van der Waals surface area contributed by atoms with Gasteiger partial charge in [-0.05, 0) is 70.8 Å². The van der Waals surface area contributed by atoms with Gasteiger partial charge in [0.2, 0.25) is 0 Å². The Morgan fingerprint density at radius 2 is 1.54 bits per heavy atom. The van der Waals surface area contributed by atoms with Gasteiger partial charge in [-0.15, -0.1) is 0 Å². The Kier molecular flexibility index (Phi) is 7.77. The molecule has 7 aromatic rings. The highest BCUT2D eigenvalue weighted by molar-refractivity contribution is 6.01. The maximum absolute atomic E-state index is 6.76. The molecular formula is C46H37N3O. The summed E-state index contributed by atoms with van der Waals surface area (Å²) >= 11 is 0. The number of allylic oxidation sites excluding steroid dienone is 3. The number of aryl methyl sites for hydroxylation is 1. The number of fused-ring (bicyclic) bond motifs is 5. The van der Waals surface area contributed by atoms with Gasteiger partial charge in [-0.2, -0.15) is 0 Å². The summed E-state index contributed by atoms with van der Waals surface area (Å²) in [6.45, 7) is 2.21. The number of furan rings is 1. The minimum Gasteiger partial charge on any atom is -0.460 e. The van der Waals surface area contributed by atoms with E-state index in [1.165, 1.54) is 27.6 Å². The van der Waals surface area contributed by atoms with Gasteiger partial charge in [-0.25, -0.2) is 15.0 Å². The molecule has 1 atom stereocenters. The molecule has 1 unspecified atom stereocenters. The van der Waals surface area contributed by atoms with Crippen LogP contribution in [0.5, 0.6) is 0 Å². The lowest BCUT2D eigenvalue weighted by Crippen LogP contribution is -2.11. The van der Waals surface area contributed by atoms with Crippen LogP contribution in [-0.2, 0) is 6.42 Å². The van der Waals surface area contributed by atoms with Gasteiger partial charge in [0.05, 0.1) is 0 Å². The molecule has 2 aliphatic carbocycles. The zero-order valence-electron chi connectivity index (χ0n) is 28.1. The molecule has 9 rings (SSSR count). The summed E-state index contributed by atoms with van der Waals surface area (Å²) in [5.41, 5.74) is 10.1. The number of hydrogen-bond donors (Lipinski definition) is 0. The highest BCUT2D eigenvalue weighted by Gasteiger charge is 2.32. The van der Waals surface area contributed by atoms with Crippen LogP contribution in [0.25, 0.3) is 62.2 Å². The molecule has 0 saturated heterocycles. The fourth-order valence-corrected chi connectivity index (χ4v) is 7.56. The van der Waals surface area contributed by atoms with E-state index in [-0.39, 0.29) is 5.92 Å². The minimum atomic E-state index is 0.0916. The van der Waals surface area contributed by atoms with Gasteiger partial charge in [-0.1, -0.05) is 141 Å².